The summed E-state index contributed by atoms with van der Waals surface area (Å²) in [7, 11) is -3.75. The van der Waals surface area contributed by atoms with Gasteiger partial charge in [0, 0.05) is 14.9 Å². The van der Waals surface area contributed by atoms with Crippen LogP contribution in [-0.4, -0.2) is 48.3 Å². The second kappa shape index (κ2) is 14.5. The van der Waals surface area contributed by atoms with E-state index in [2.05, 4.69) is 20.9 Å². The Morgan fingerprint density at radius 2 is 1.66 bits per heavy atom. The van der Waals surface area contributed by atoms with Crippen molar-refractivity contribution in [2.45, 2.75) is 18.0 Å². The van der Waals surface area contributed by atoms with Gasteiger partial charge in [0.25, 0.3) is 0 Å². The SMILES string of the molecule is NS(=O)(=O)c1ccc(NC(=S)Nc2ccc(OCCn3cc(COCCOc4ccc(I)cc4F)nn3)cc2)cc1. The van der Waals surface area contributed by atoms with Crippen molar-refractivity contribution in [1.29, 1.82) is 0 Å². The van der Waals surface area contributed by atoms with E-state index in [9.17, 15) is 12.8 Å². The molecule has 3 aromatic carbocycles. The number of ether oxygens (including phenoxy) is 3. The third-order valence-corrected chi connectivity index (χ3v) is 7.16. The van der Waals surface area contributed by atoms with Gasteiger partial charge in [0.2, 0.25) is 10.0 Å². The minimum Gasteiger partial charge on any atom is -0.492 e. The summed E-state index contributed by atoms with van der Waals surface area (Å²) < 4.78 is 55.7. The lowest BCUT2D eigenvalue weighted by Crippen LogP contribution is -2.19. The van der Waals surface area contributed by atoms with Gasteiger partial charge >= 0.3 is 0 Å². The fraction of sp³-hybridized carbons (Fsp3) is 0.192. The molecule has 0 fully saturated rings. The molecular formula is C26H26FIN6O5S2. The summed E-state index contributed by atoms with van der Waals surface area (Å²) in [5.74, 6) is 0.460. The van der Waals surface area contributed by atoms with E-state index in [1.807, 2.05) is 34.7 Å². The molecule has 0 aliphatic rings. The molecule has 1 heterocycles. The smallest absolute Gasteiger partial charge is 0.238 e. The molecule has 0 bridgehead atoms. The Hall–Kier alpha value is -3.38. The predicted molar refractivity (Wildman–Crippen MR) is 164 cm³/mol. The quantitative estimate of drug-likeness (QED) is 0.105. The summed E-state index contributed by atoms with van der Waals surface area (Å²) in [5, 5.41) is 19.6. The highest BCUT2D eigenvalue weighted by Crippen LogP contribution is 2.19. The lowest BCUT2D eigenvalue weighted by molar-refractivity contribution is 0.0856. The summed E-state index contributed by atoms with van der Waals surface area (Å²) in [6.45, 7) is 1.61. The minimum atomic E-state index is -3.75. The maximum Gasteiger partial charge on any atom is 0.238 e. The second-order valence-electron chi connectivity index (χ2n) is 8.47. The number of rotatable bonds is 13. The fourth-order valence-corrected chi connectivity index (χ4v) is 4.61. The van der Waals surface area contributed by atoms with Crippen molar-refractivity contribution in [1.82, 2.24) is 15.0 Å². The average molecular weight is 713 g/mol. The van der Waals surface area contributed by atoms with E-state index in [0.717, 1.165) is 9.26 Å². The summed E-state index contributed by atoms with van der Waals surface area (Å²) in [6, 6.07) is 17.9. The molecule has 0 atom stereocenters. The first-order valence-corrected chi connectivity index (χ1v) is 15.2. The Labute approximate surface area is 255 Å². The van der Waals surface area contributed by atoms with Gasteiger partial charge in [0.05, 0.1) is 30.9 Å². The van der Waals surface area contributed by atoms with Crippen molar-refractivity contribution in [2.75, 3.05) is 30.5 Å². The number of nitrogens with two attached hydrogens (primary N) is 1. The highest BCUT2D eigenvalue weighted by atomic mass is 127. The maximum absolute atomic E-state index is 13.8. The Morgan fingerprint density at radius 3 is 2.32 bits per heavy atom. The number of nitrogens with one attached hydrogen (secondary N) is 2. The first-order valence-electron chi connectivity index (χ1n) is 12.1. The van der Waals surface area contributed by atoms with Crippen LogP contribution in [0.5, 0.6) is 11.5 Å². The van der Waals surface area contributed by atoms with Gasteiger partial charge in [-0.25, -0.2) is 22.6 Å². The number of nitrogens with zero attached hydrogens (tertiary/aromatic N) is 3. The number of halogens is 2. The van der Waals surface area contributed by atoms with Gasteiger partial charge in [0.15, 0.2) is 16.7 Å². The summed E-state index contributed by atoms with van der Waals surface area (Å²) >= 11 is 7.35. The van der Waals surface area contributed by atoms with Crippen LogP contribution in [-0.2, 0) is 27.9 Å². The number of hydrogen-bond donors (Lipinski definition) is 3. The molecule has 11 nitrogen and oxygen atoms in total. The average Bonchev–Trinajstić information content (AvgIpc) is 3.38. The third-order valence-electron chi connectivity index (χ3n) is 5.36. The van der Waals surface area contributed by atoms with Crippen LogP contribution in [0.3, 0.4) is 0 Å². The lowest BCUT2D eigenvalue weighted by atomic mass is 10.3. The van der Waals surface area contributed by atoms with Crippen LogP contribution >= 0.6 is 34.8 Å². The van der Waals surface area contributed by atoms with Crippen LogP contribution in [0, 0.1) is 9.39 Å². The van der Waals surface area contributed by atoms with Gasteiger partial charge in [-0.15, -0.1) is 5.10 Å². The molecule has 0 radical (unpaired) electrons. The zero-order chi connectivity index (χ0) is 29.2. The third kappa shape index (κ3) is 9.89. The number of primary sulfonamides is 1. The zero-order valence-corrected chi connectivity index (χ0v) is 25.3. The van der Waals surface area contributed by atoms with Crippen molar-refractivity contribution < 1.29 is 27.0 Å². The number of hydrogen-bond acceptors (Lipinski definition) is 8. The fourth-order valence-electron chi connectivity index (χ4n) is 3.41. The molecule has 15 heteroatoms. The standard InChI is InChI=1S/C26H26FIN6O5S2/c27-24-15-18(28)1-10-25(24)39-14-13-37-17-21-16-34(33-32-21)11-12-38-22-6-2-19(3-7-22)30-26(40)31-20-4-8-23(9-5-20)41(29,35)36/h1-10,15-16H,11-14,17H2,(H2,29,35,36)(H2,30,31,40). The maximum atomic E-state index is 13.8. The molecule has 4 aromatic rings. The Balaban J connectivity index is 1.12. The van der Waals surface area contributed by atoms with E-state index >= 15 is 0 Å². The van der Waals surface area contributed by atoms with Gasteiger partial charge in [0.1, 0.15) is 24.7 Å². The van der Waals surface area contributed by atoms with E-state index in [0.29, 0.717) is 35.4 Å². The molecule has 1 aromatic heterocycles. The lowest BCUT2D eigenvalue weighted by Gasteiger charge is -2.12. The molecule has 0 aliphatic carbocycles. The summed E-state index contributed by atoms with van der Waals surface area (Å²) in [6.07, 6.45) is 1.77. The molecule has 0 aliphatic heterocycles. The molecule has 0 saturated heterocycles. The summed E-state index contributed by atoms with van der Waals surface area (Å²) in [5.41, 5.74) is 2.01. The zero-order valence-electron chi connectivity index (χ0n) is 21.5. The van der Waals surface area contributed by atoms with Gasteiger partial charge in [-0.1, -0.05) is 5.21 Å². The van der Waals surface area contributed by atoms with E-state index in [-0.39, 0.29) is 30.5 Å². The molecule has 0 spiro atoms. The van der Waals surface area contributed by atoms with Crippen LogP contribution in [0.4, 0.5) is 15.8 Å². The number of benzene rings is 3. The predicted octanol–water partition coefficient (Wildman–Crippen LogP) is 4.15. The topological polar surface area (TPSA) is 143 Å². The van der Waals surface area contributed by atoms with E-state index < -0.39 is 15.8 Å². The molecular weight excluding hydrogens is 686 g/mol. The van der Waals surface area contributed by atoms with Crippen LogP contribution in [0.15, 0.2) is 77.8 Å². The number of anilines is 2. The van der Waals surface area contributed by atoms with Gasteiger partial charge in [-0.2, -0.15) is 0 Å². The van der Waals surface area contributed by atoms with Gasteiger partial charge in [-0.3, -0.25) is 0 Å². The first-order chi connectivity index (χ1) is 19.7. The van der Waals surface area contributed by atoms with Crippen LogP contribution in [0.1, 0.15) is 5.69 Å². The monoisotopic (exact) mass is 712 g/mol. The number of aromatic nitrogens is 3. The van der Waals surface area contributed by atoms with Crippen molar-refractivity contribution in [3.8, 4) is 11.5 Å². The molecule has 4 rings (SSSR count). The minimum absolute atomic E-state index is 0.0195. The molecule has 0 unspecified atom stereocenters. The number of thiocarbonyl (C=S) groups is 1. The molecule has 0 saturated carbocycles. The highest BCUT2D eigenvalue weighted by Gasteiger charge is 2.08. The summed E-state index contributed by atoms with van der Waals surface area (Å²) in [4.78, 5) is 0.0195. The van der Waals surface area contributed by atoms with Crippen molar-refractivity contribution in [3.63, 3.8) is 0 Å². The molecule has 0 amide bonds. The van der Waals surface area contributed by atoms with E-state index in [1.165, 1.54) is 18.2 Å². The molecule has 216 valence electrons. The van der Waals surface area contributed by atoms with Crippen molar-refractivity contribution >= 4 is 61.3 Å². The highest BCUT2D eigenvalue weighted by molar-refractivity contribution is 14.1. The largest absolute Gasteiger partial charge is 0.492 e. The van der Waals surface area contributed by atoms with Gasteiger partial charge in [-0.05, 0) is 102 Å². The van der Waals surface area contributed by atoms with Crippen molar-refractivity contribution in [2.24, 2.45) is 5.14 Å². The first kappa shape index (κ1) is 30.6. The second-order valence-corrected chi connectivity index (χ2v) is 11.7. The Kier molecular flexibility index (Phi) is 10.8. The van der Waals surface area contributed by atoms with Gasteiger partial charge < -0.3 is 24.8 Å². The molecule has 4 N–H and O–H groups in total. The Morgan fingerprint density at radius 1 is 0.976 bits per heavy atom. The van der Waals surface area contributed by atoms with Crippen molar-refractivity contribution in [3.05, 3.63) is 88.0 Å². The van der Waals surface area contributed by atoms with E-state index in [4.69, 9.17) is 31.6 Å². The molecule has 41 heavy (non-hydrogen) atoms. The van der Waals surface area contributed by atoms with E-state index in [1.54, 1.807) is 47.3 Å². The number of sulfonamides is 1. The van der Waals surface area contributed by atoms with Crippen LogP contribution in [0.2, 0.25) is 0 Å². The van der Waals surface area contributed by atoms with Crippen LogP contribution < -0.4 is 25.2 Å². The normalized spacial score (nSPS) is 11.2. The van der Waals surface area contributed by atoms with Crippen LogP contribution in [0.25, 0.3) is 0 Å². The Bertz CT molecular complexity index is 1570.